The fourth-order valence-corrected chi connectivity index (χ4v) is 12.4. The molecule has 3 aliphatic rings. The summed E-state index contributed by atoms with van der Waals surface area (Å²) in [6.07, 6.45) is 13.6. The number of benzene rings is 4. The molecular weight excluding hydrogens is 1680 g/mol. The van der Waals surface area contributed by atoms with Gasteiger partial charge in [0.15, 0.2) is 0 Å². The molecular formula is C81H109Cl5IN20O6P. The van der Waals surface area contributed by atoms with Gasteiger partial charge in [0.05, 0.1) is 27.8 Å². The summed E-state index contributed by atoms with van der Waals surface area (Å²) in [7, 11) is 6.21. The number of aryl methyl sites for hydroxylation is 4. The van der Waals surface area contributed by atoms with Crippen molar-refractivity contribution in [3.8, 4) is 0 Å². The minimum atomic E-state index is -1.11. The second-order valence-corrected chi connectivity index (χ2v) is 32.2. The number of amides is 4. The number of carbonyl (C=O) groups is 5. The summed E-state index contributed by atoms with van der Waals surface area (Å²) >= 11 is 26.8. The first-order chi connectivity index (χ1) is 54.8. The molecule has 3 aliphatic carbocycles. The molecule has 0 spiro atoms. The number of nitrogens with one attached hydrogen (secondary N) is 8. The Morgan fingerprint density at radius 1 is 0.439 bits per heavy atom. The van der Waals surface area contributed by atoms with Crippen molar-refractivity contribution in [1.82, 2.24) is 40.9 Å². The minimum absolute atomic E-state index is 0.0453. The number of nitrogens with zero attached hydrogens (tertiary/aromatic N) is 5. The van der Waals surface area contributed by atoms with Gasteiger partial charge in [0.1, 0.15) is 54.9 Å². The molecule has 0 bridgehead atoms. The van der Waals surface area contributed by atoms with Gasteiger partial charge in [-0.1, -0.05) is 145 Å². The molecule has 4 aromatic carbocycles. The van der Waals surface area contributed by atoms with Crippen molar-refractivity contribution in [2.45, 2.75) is 141 Å². The predicted molar refractivity (Wildman–Crippen MR) is 484 cm³/mol. The van der Waals surface area contributed by atoms with Crippen LogP contribution in [0, 0.1) is 27.7 Å². The maximum atomic E-state index is 12.2. The number of aromatic nitrogens is 5. The molecule has 5 unspecified atom stereocenters. The Hall–Kier alpha value is -8.81. The van der Waals surface area contributed by atoms with Crippen molar-refractivity contribution < 1.29 is 29.1 Å². The Bertz CT molecular complexity index is 4540. The Morgan fingerprint density at radius 3 is 1.07 bits per heavy atom. The number of hydrogen-bond acceptors (Lipinski definition) is 21. The number of rotatable bonds is 15. The van der Waals surface area contributed by atoms with Gasteiger partial charge in [0.25, 0.3) is 23.6 Å². The number of primary amides is 1. The fraction of sp³-hybridized carbons (Fsp3) is 0.333. The van der Waals surface area contributed by atoms with Crippen LogP contribution in [0.3, 0.4) is 0 Å². The molecule has 12 rings (SSSR count). The van der Waals surface area contributed by atoms with Crippen molar-refractivity contribution >= 4 is 167 Å². The predicted octanol–water partition coefficient (Wildman–Crippen LogP) is 15.5. The van der Waals surface area contributed by atoms with E-state index in [9.17, 15) is 24.0 Å². The van der Waals surface area contributed by atoms with Crippen LogP contribution in [0.2, 0.25) is 25.8 Å². The van der Waals surface area contributed by atoms with E-state index in [1.54, 1.807) is 44.4 Å². The molecule has 3 saturated carbocycles. The third-order valence-corrected chi connectivity index (χ3v) is 18.5. The third kappa shape index (κ3) is 35.1. The Balaban J connectivity index is 0.000000290. The SMILES string of the molecule is CN.CNC(=O)c1ccc(Cl)nc1Cl.CNC(=O)c1ccc(Cl)nc1Nc1cccc(C)c1.CNC(=O)c1ccc(NC2CCCCC2N)nc1Nc1cccc(C)c1.Cc1cccc(N)c1.Cc1cccc(Nc2nc(NC3CCCCC3N)ccc2C(N)=O)c1.N[C@@H]1CCCC[C@@H]1N.O=C(O)c1ccc(Cl)nc1Cl.[2H]I(C)P. The number of halogens is 6. The van der Waals surface area contributed by atoms with E-state index in [0.29, 0.717) is 50.7 Å². The number of nitrogen functional groups attached to an aromatic ring is 1. The molecule has 0 radical (unpaired) electrons. The fourth-order valence-electron chi connectivity index (χ4n) is 11.4. The van der Waals surface area contributed by atoms with Gasteiger partial charge in [-0.2, -0.15) is 0 Å². The summed E-state index contributed by atoms with van der Waals surface area (Å²) in [6, 6.07) is 48.8. The zero-order chi connectivity index (χ0) is 85.3. The number of nitrogens with two attached hydrogens (primary N) is 7. The van der Waals surface area contributed by atoms with Gasteiger partial charge in [-0.15, -0.1) is 0 Å². The Kier molecular flexibility index (Phi) is 44.2. The number of carboxylic acids is 1. The average Bonchev–Trinajstić information content (AvgIpc) is 0.834. The van der Waals surface area contributed by atoms with Gasteiger partial charge in [0.2, 0.25) is 0 Å². The van der Waals surface area contributed by atoms with Gasteiger partial charge >= 0.3 is 38.8 Å². The molecule has 5 heterocycles. The number of hydrogen-bond donors (Lipinski definition) is 16. The number of alkyl halides is 1. The first-order valence-corrected chi connectivity index (χ1v) is 44.8. The van der Waals surface area contributed by atoms with E-state index >= 15 is 0 Å². The first-order valence-electron chi connectivity index (χ1n) is 37.0. The molecule has 9 aromatic rings. The van der Waals surface area contributed by atoms with Crippen molar-refractivity contribution in [2.24, 2.45) is 34.4 Å². The van der Waals surface area contributed by atoms with Crippen LogP contribution in [0.5, 0.6) is 0 Å². The van der Waals surface area contributed by atoms with Crippen molar-refractivity contribution in [1.29, 1.82) is 0.594 Å². The summed E-state index contributed by atoms with van der Waals surface area (Å²) < 4.78 is 6.70. The number of aromatic carboxylic acids is 1. The van der Waals surface area contributed by atoms with E-state index in [2.05, 4.69) is 80.1 Å². The van der Waals surface area contributed by atoms with Crippen LogP contribution in [0.1, 0.15) is 151 Å². The van der Waals surface area contributed by atoms with Crippen molar-refractivity contribution in [3.63, 3.8) is 0 Å². The molecule has 0 saturated heterocycles. The van der Waals surface area contributed by atoms with E-state index in [-0.39, 0.29) is 80.1 Å². The standard InChI is InChI=1S/C20H27N5O.C19H25N5O.C14H14ClN3O.C7H6Cl2N2O.C7H9N.C6H3Cl2NO2.C6H14N2.CH6IP.CH5N/c1-13-6-5-7-14(12-13)23-19-15(20(26)22-2)10-11-18(25-19)24-17-9-4-3-8-16(17)21;1-12-5-4-6-13(11-12)22-19-14(18(21)25)9-10-17(24-19)23-16-8-3-2-7-15(16)20;1-9-4-3-5-10(8-9)17-13-11(14(19)16-2)6-7-12(15)18-13;1-10-7(12)4-2-3-5(8)11-6(4)9;1-6-3-2-4-7(8)5-6;7-4-2-1-3(6(10)11)5(8)9-4;7-5-3-1-2-4-6(5)8;1-2-3;1-2/h5-7,10-12,16-17H,3-4,8-9,21H2,1-2H3,(H,22,26)(H2,23,24,25);4-6,9-11,15-16H,2-3,7-8,20H2,1H3,(H2,21,25)(H2,22,23,24);3-8H,1-2H3,(H,16,19)(H,17,18);2-3H,1H3,(H,10,12);2-5H,8H2,1H3;1-2H,(H,10,11);5-6H,1-4,7-8H2;2H,3H2,1H3;2H2,1H3/t;;;;;;5-,6+;;/i;;;;;;;2D;. The van der Waals surface area contributed by atoms with Gasteiger partial charge in [-0.05, 0) is 205 Å². The summed E-state index contributed by atoms with van der Waals surface area (Å²) in [5, 5.41) is 33.4. The van der Waals surface area contributed by atoms with Crippen molar-refractivity contribution in [2.75, 3.05) is 65.4 Å². The van der Waals surface area contributed by atoms with Crippen LogP contribution in [0.15, 0.2) is 158 Å². The van der Waals surface area contributed by atoms with Gasteiger partial charge < -0.3 is 87.8 Å². The number of anilines is 9. The molecule has 26 nitrogen and oxygen atoms in total. The van der Waals surface area contributed by atoms with E-state index in [4.69, 9.17) is 98.1 Å². The molecule has 33 heteroatoms. The zero-order valence-corrected chi connectivity index (χ0v) is 72.7. The van der Waals surface area contributed by atoms with E-state index in [1.807, 2.05) is 136 Å². The molecule has 0 aliphatic heterocycles. The second kappa shape index (κ2) is 52.6. The first kappa shape index (κ1) is 95.8. The van der Waals surface area contributed by atoms with E-state index < -0.39 is 32.3 Å². The number of pyridine rings is 5. The van der Waals surface area contributed by atoms with Crippen molar-refractivity contribution in [3.05, 3.63) is 234 Å². The van der Waals surface area contributed by atoms with Crippen LogP contribution in [0.4, 0.5) is 51.8 Å². The second-order valence-electron chi connectivity index (χ2n) is 26.2. The van der Waals surface area contributed by atoms with Gasteiger partial charge in [-0.25, -0.2) is 29.7 Å². The molecule has 616 valence electrons. The number of carboxylic acid groups (broad SMARTS) is 1. The quantitative estimate of drug-likeness (QED) is 0.0149. The monoisotopic (exact) mass is 1790 g/mol. The molecule has 114 heavy (non-hydrogen) atoms. The van der Waals surface area contributed by atoms with E-state index in [0.717, 1.165) is 83.8 Å². The summed E-state index contributed by atoms with van der Waals surface area (Å²) in [5.41, 5.74) is 48.8. The normalized spacial score (nSPS) is 16.4. The topological polar surface area (TPSA) is 448 Å². The van der Waals surface area contributed by atoms with E-state index in [1.165, 1.54) is 82.4 Å². The summed E-state index contributed by atoms with van der Waals surface area (Å²) in [4.78, 5) is 79.7. The zero-order valence-electron chi connectivity index (χ0n) is 66.6. The average molecular weight is 1800 g/mol. The van der Waals surface area contributed by atoms with Crippen LogP contribution in [0.25, 0.3) is 0 Å². The summed E-state index contributed by atoms with van der Waals surface area (Å²) in [5.74, 6) is 0.576. The van der Waals surface area contributed by atoms with Crippen LogP contribution in [-0.4, -0.2) is 130 Å². The molecule has 23 N–H and O–H groups in total. The number of carbonyl (C=O) groups excluding carboxylic acids is 4. The molecule has 5 aromatic heterocycles. The molecule has 7 atom stereocenters. The van der Waals surface area contributed by atoms with Gasteiger partial charge in [0, 0.05) is 80.1 Å². The molecule has 3 fully saturated rings. The van der Waals surface area contributed by atoms with Crippen LogP contribution in [-0.2, 0) is 0 Å². The third-order valence-electron chi connectivity index (χ3n) is 17.3. The van der Waals surface area contributed by atoms with Crippen LogP contribution >= 0.6 is 85.3 Å². The maximum absolute atomic E-state index is 12.2. The molecule has 4 amide bonds. The summed E-state index contributed by atoms with van der Waals surface area (Å²) in [6.45, 7) is 10.5. The van der Waals surface area contributed by atoms with Crippen LogP contribution < -0.4 is 82.7 Å². The Morgan fingerprint density at radius 2 is 0.746 bits per heavy atom. The Labute approximate surface area is 706 Å². The van der Waals surface area contributed by atoms with Gasteiger partial charge in [-0.3, -0.25) is 19.2 Å².